The Balaban J connectivity index is 1.81. The van der Waals surface area contributed by atoms with Crippen LogP contribution >= 0.6 is 23.2 Å². The number of benzene rings is 2. The topological polar surface area (TPSA) is 55.4 Å². The van der Waals surface area contributed by atoms with Crippen LogP contribution in [0.4, 0.5) is 0 Å². The van der Waals surface area contributed by atoms with Crippen molar-refractivity contribution in [3.63, 3.8) is 0 Å². The van der Waals surface area contributed by atoms with Gasteiger partial charge in [0.2, 0.25) is 5.91 Å². The highest BCUT2D eigenvalue weighted by atomic mass is 35.5. The largest absolute Gasteiger partial charge is 0.409 e. The van der Waals surface area contributed by atoms with Crippen molar-refractivity contribution in [1.82, 2.24) is 5.32 Å². The first-order valence-electron chi connectivity index (χ1n) is 10.9. The molecule has 32 heavy (non-hydrogen) atoms. The van der Waals surface area contributed by atoms with E-state index < -0.39 is 9.80 Å². The van der Waals surface area contributed by atoms with E-state index in [-0.39, 0.29) is 35.1 Å². The summed E-state index contributed by atoms with van der Waals surface area (Å²) >= 11 is 12.9. The quantitative estimate of drug-likeness (QED) is 0.533. The van der Waals surface area contributed by atoms with Gasteiger partial charge in [0.15, 0.2) is 0 Å². The van der Waals surface area contributed by atoms with Crippen LogP contribution in [0, 0.1) is 11.3 Å². The van der Waals surface area contributed by atoms with Crippen molar-refractivity contribution in [2.24, 2.45) is 11.3 Å². The molecule has 1 heterocycles. The van der Waals surface area contributed by atoms with Crippen molar-refractivity contribution in [1.29, 1.82) is 0 Å². The minimum atomic E-state index is -2.64. The van der Waals surface area contributed by atoms with E-state index in [0.717, 1.165) is 30.4 Å². The summed E-state index contributed by atoms with van der Waals surface area (Å²) in [5.74, 6) is 4.52. The molecule has 1 unspecified atom stereocenters. The molecular weight excluding hydrogens is 465 g/mol. The summed E-state index contributed by atoms with van der Waals surface area (Å²) in [6.07, 6.45) is 3.91. The Morgan fingerprint density at radius 2 is 1.91 bits per heavy atom. The summed E-state index contributed by atoms with van der Waals surface area (Å²) < 4.78 is 17.4. The van der Waals surface area contributed by atoms with E-state index in [9.17, 15) is 9.00 Å². The summed E-state index contributed by atoms with van der Waals surface area (Å²) in [5, 5.41) is 4.49. The Hall–Kier alpha value is -1.69. The van der Waals surface area contributed by atoms with E-state index in [1.54, 1.807) is 12.1 Å². The third-order valence-corrected chi connectivity index (χ3v) is 8.36. The fourth-order valence-electron chi connectivity index (χ4n) is 5.96. The molecule has 172 valence electrons. The minimum Gasteiger partial charge on any atom is -0.409 e. The van der Waals surface area contributed by atoms with Crippen LogP contribution in [0.1, 0.15) is 56.1 Å². The molecule has 0 radical (unpaired) electrons. The molecule has 1 aliphatic carbocycles. The first-order chi connectivity index (χ1) is 15.1. The average molecular weight is 494 g/mol. The lowest BCUT2D eigenvalue weighted by Gasteiger charge is -2.47. The molecule has 0 aromatic heterocycles. The maximum Gasteiger partial charge on any atom is 0.226 e. The number of hydrogen-bond donors (Lipinski definition) is 1. The maximum absolute atomic E-state index is 13.1. The zero-order valence-electron chi connectivity index (χ0n) is 18.6. The Kier molecular flexibility index (Phi) is 6.30. The van der Waals surface area contributed by atoms with Crippen LogP contribution < -0.4 is 9.50 Å². The van der Waals surface area contributed by atoms with Crippen LogP contribution in [-0.2, 0) is 14.6 Å². The standard InChI is InChI=1S/C25H29Cl2NO3S/c1-5-25-13-12-20(19-11-10-18(14-21(19)27)31-32(3,4)30)22(16-6-8-17(26)9-7-16)23(25)15(2)28-24(25)29/h6-11,14-15,20,22-23H,3,5,12-13H2,1-2,4H3,(H,28,29)/t15-,20+,22-,23+,25-,32?/m1/s1. The smallest absolute Gasteiger partial charge is 0.226 e. The fraction of sp³-hybridized carbons (Fsp3) is 0.440. The average Bonchev–Trinajstić information content (AvgIpc) is 2.97. The summed E-state index contributed by atoms with van der Waals surface area (Å²) in [6, 6.07) is 13.5. The molecule has 1 N–H and O–H groups in total. The van der Waals surface area contributed by atoms with Gasteiger partial charge in [0.1, 0.15) is 15.6 Å². The molecule has 2 aromatic carbocycles. The van der Waals surface area contributed by atoms with Gasteiger partial charge in [-0.2, -0.15) is 0 Å². The van der Waals surface area contributed by atoms with Crippen LogP contribution in [0.5, 0.6) is 5.75 Å². The third kappa shape index (κ3) is 4.15. The molecule has 1 aliphatic heterocycles. The van der Waals surface area contributed by atoms with Crippen LogP contribution in [0.2, 0.25) is 10.0 Å². The predicted molar refractivity (Wildman–Crippen MR) is 133 cm³/mol. The van der Waals surface area contributed by atoms with Gasteiger partial charge in [-0.1, -0.05) is 48.3 Å². The molecule has 2 aliphatic rings. The zero-order chi connectivity index (χ0) is 23.3. The Labute approximate surface area is 200 Å². The highest BCUT2D eigenvalue weighted by Crippen LogP contribution is 2.60. The summed E-state index contributed by atoms with van der Waals surface area (Å²) in [6.45, 7) is 4.22. The van der Waals surface area contributed by atoms with E-state index in [4.69, 9.17) is 27.4 Å². The first kappa shape index (κ1) is 23.5. The number of halogens is 2. The van der Waals surface area contributed by atoms with Gasteiger partial charge >= 0.3 is 0 Å². The monoisotopic (exact) mass is 493 g/mol. The SMILES string of the molecule is C=S(C)(=O)Oc1ccc([C@@H]2CC[C@@]3(CC)C(=O)N[C@H](C)[C@H]3[C@@H]2c2ccc(Cl)cc2)c(Cl)c1. The van der Waals surface area contributed by atoms with Crippen molar-refractivity contribution in [3.05, 3.63) is 63.6 Å². The predicted octanol–water partition coefficient (Wildman–Crippen LogP) is 5.83. The number of carbonyl (C=O) groups excluding carboxylic acids is 1. The maximum atomic E-state index is 13.1. The van der Waals surface area contributed by atoms with Crippen LogP contribution in [0.3, 0.4) is 0 Å². The van der Waals surface area contributed by atoms with Gasteiger partial charge in [0.25, 0.3) is 0 Å². The molecular formula is C25H29Cl2NO3S. The molecule has 2 aromatic rings. The van der Waals surface area contributed by atoms with Crippen LogP contribution in [-0.4, -0.2) is 28.3 Å². The molecule has 6 atom stereocenters. The highest BCUT2D eigenvalue weighted by molar-refractivity contribution is 7.95. The first-order valence-corrected chi connectivity index (χ1v) is 13.7. The summed E-state index contributed by atoms with van der Waals surface area (Å²) in [5.41, 5.74) is 1.80. The zero-order valence-corrected chi connectivity index (χ0v) is 20.9. The lowest BCUT2D eigenvalue weighted by Crippen LogP contribution is -2.43. The van der Waals surface area contributed by atoms with Crippen molar-refractivity contribution < 1.29 is 13.2 Å². The van der Waals surface area contributed by atoms with E-state index in [1.807, 2.05) is 18.2 Å². The van der Waals surface area contributed by atoms with Crippen molar-refractivity contribution in [3.8, 4) is 5.75 Å². The molecule has 1 saturated heterocycles. The van der Waals surface area contributed by atoms with Crippen LogP contribution in [0.25, 0.3) is 0 Å². The summed E-state index contributed by atoms with van der Waals surface area (Å²) in [4.78, 5) is 13.1. The lowest BCUT2D eigenvalue weighted by atomic mass is 9.54. The molecule has 4 nitrogen and oxygen atoms in total. The number of nitrogens with one attached hydrogen (secondary N) is 1. The molecule has 4 rings (SSSR count). The van der Waals surface area contributed by atoms with E-state index in [0.29, 0.717) is 15.8 Å². The number of carbonyl (C=O) groups is 1. The van der Waals surface area contributed by atoms with E-state index in [1.165, 1.54) is 6.26 Å². The fourth-order valence-corrected chi connectivity index (χ4v) is 6.91. The number of amides is 1. The van der Waals surface area contributed by atoms with Gasteiger partial charge in [-0.05, 0) is 73.2 Å². The van der Waals surface area contributed by atoms with Crippen molar-refractivity contribution in [2.75, 3.05) is 6.26 Å². The normalized spacial score (nSPS) is 31.5. The molecule has 1 amide bonds. The second-order valence-corrected chi connectivity index (χ2v) is 12.1. The number of fused-ring (bicyclic) bond motifs is 1. The Morgan fingerprint density at radius 1 is 1.22 bits per heavy atom. The molecule has 0 spiro atoms. The molecule has 2 fully saturated rings. The van der Waals surface area contributed by atoms with E-state index >= 15 is 0 Å². The number of hydrogen-bond acceptors (Lipinski definition) is 3. The van der Waals surface area contributed by atoms with E-state index in [2.05, 4.69) is 37.2 Å². The van der Waals surface area contributed by atoms with Gasteiger partial charge in [-0.15, -0.1) is 0 Å². The van der Waals surface area contributed by atoms with Crippen molar-refractivity contribution in [2.45, 2.75) is 51.0 Å². The van der Waals surface area contributed by atoms with Gasteiger partial charge in [-0.3, -0.25) is 4.79 Å². The minimum absolute atomic E-state index is 0.0586. The molecule has 7 heteroatoms. The molecule has 0 bridgehead atoms. The second kappa shape index (κ2) is 8.58. The lowest BCUT2D eigenvalue weighted by molar-refractivity contribution is -0.131. The Morgan fingerprint density at radius 3 is 2.50 bits per heavy atom. The number of rotatable bonds is 5. The van der Waals surface area contributed by atoms with Crippen LogP contribution in [0.15, 0.2) is 42.5 Å². The van der Waals surface area contributed by atoms with Crippen molar-refractivity contribution >= 4 is 44.8 Å². The Bertz CT molecular complexity index is 1130. The molecule has 1 saturated carbocycles. The van der Waals surface area contributed by atoms with Gasteiger partial charge in [-0.25, -0.2) is 4.21 Å². The van der Waals surface area contributed by atoms with Gasteiger partial charge in [0, 0.05) is 34.3 Å². The third-order valence-electron chi connectivity index (χ3n) is 7.24. The van der Waals surface area contributed by atoms with Gasteiger partial charge < -0.3 is 9.50 Å². The summed E-state index contributed by atoms with van der Waals surface area (Å²) in [7, 11) is -2.64. The van der Waals surface area contributed by atoms with Gasteiger partial charge in [0.05, 0.1) is 5.41 Å². The second-order valence-electron chi connectivity index (χ2n) is 9.21. The highest BCUT2D eigenvalue weighted by Gasteiger charge is 2.59.